The van der Waals surface area contributed by atoms with Gasteiger partial charge < -0.3 is 40.1 Å². The number of phosphoric acid groups is 3. The van der Waals surface area contributed by atoms with Gasteiger partial charge in [-0.1, -0.05) is 0 Å². The lowest BCUT2D eigenvalue weighted by Gasteiger charge is -2.24. The number of nitrogen functional groups attached to an aromatic ring is 1. The van der Waals surface area contributed by atoms with Crippen molar-refractivity contribution in [3.8, 4) is 0 Å². The van der Waals surface area contributed by atoms with Crippen LogP contribution in [0.5, 0.6) is 0 Å². The zero-order chi connectivity index (χ0) is 23.7. The van der Waals surface area contributed by atoms with E-state index in [1.807, 2.05) is 0 Å². The number of hydrogen-bond donors (Lipinski definition) is 7. The van der Waals surface area contributed by atoms with Gasteiger partial charge in [-0.15, -0.1) is 0 Å². The summed E-state index contributed by atoms with van der Waals surface area (Å²) in [6.07, 6.45) is -0.00416. The fourth-order valence-electron chi connectivity index (χ4n) is 4.12. The van der Waals surface area contributed by atoms with Gasteiger partial charge in [-0.25, -0.2) is 28.6 Å². The van der Waals surface area contributed by atoms with Gasteiger partial charge in [-0.3, -0.25) is 4.52 Å². The van der Waals surface area contributed by atoms with Gasteiger partial charge in [0.15, 0.2) is 11.5 Å². The molecule has 0 saturated heterocycles. The largest absolute Gasteiger partial charge is 0.490 e. The number of aliphatic hydroxyl groups is 2. The van der Waals surface area contributed by atoms with Crippen molar-refractivity contribution in [2.45, 2.75) is 24.7 Å². The first-order valence-electron chi connectivity index (χ1n) is 8.73. The van der Waals surface area contributed by atoms with E-state index in [1.165, 1.54) is 17.2 Å². The first kappa shape index (κ1) is 23.8. The Morgan fingerprint density at radius 2 is 1.78 bits per heavy atom. The molecule has 2 aromatic heterocycles. The Morgan fingerprint density at radius 1 is 1.09 bits per heavy atom. The summed E-state index contributed by atoms with van der Waals surface area (Å²) in [4.78, 5) is 48.0. The normalized spacial score (nSPS) is 33.6. The Balaban J connectivity index is 1.50. The highest BCUT2D eigenvalue weighted by Gasteiger charge is 2.72. The average Bonchev–Trinajstić information content (AvgIpc) is 3.12. The summed E-state index contributed by atoms with van der Waals surface area (Å²) in [5.41, 5.74) is 5.11. The second-order valence-electron chi connectivity index (χ2n) is 7.42. The molecule has 2 aromatic rings. The summed E-state index contributed by atoms with van der Waals surface area (Å²) in [5, 5.41) is 21.2. The summed E-state index contributed by atoms with van der Waals surface area (Å²) < 4.78 is 47.6. The van der Waals surface area contributed by atoms with Crippen LogP contribution in [-0.2, 0) is 26.8 Å². The lowest BCUT2D eigenvalue weighted by molar-refractivity contribution is -0.0297. The van der Waals surface area contributed by atoms with Gasteiger partial charge in [-0.2, -0.15) is 8.62 Å². The van der Waals surface area contributed by atoms with E-state index >= 15 is 0 Å². The number of rotatable bonds is 8. The molecule has 178 valence electrons. The molecule has 4 rings (SSSR count). The van der Waals surface area contributed by atoms with Crippen molar-refractivity contribution in [1.82, 2.24) is 19.5 Å². The Morgan fingerprint density at radius 3 is 2.44 bits per heavy atom. The molecule has 8 N–H and O–H groups in total. The number of aromatic nitrogens is 4. The molecule has 0 spiro atoms. The maximum absolute atomic E-state index is 12.0. The highest BCUT2D eigenvalue weighted by atomic mass is 31.3. The van der Waals surface area contributed by atoms with Crippen molar-refractivity contribution in [3.63, 3.8) is 0 Å². The summed E-state index contributed by atoms with van der Waals surface area (Å²) in [7, 11) is -16.6. The van der Waals surface area contributed by atoms with Gasteiger partial charge in [0, 0.05) is 5.41 Å². The van der Waals surface area contributed by atoms with E-state index in [-0.39, 0.29) is 17.8 Å². The molecule has 0 aliphatic heterocycles. The second-order valence-corrected chi connectivity index (χ2v) is 11.8. The summed E-state index contributed by atoms with van der Waals surface area (Å²) in [6, 6.07) is -0.756. The van der Waals surface area contributed by atoms with Crippen LogP contribution in [0.2, 0.25) is 0 Å². The lowest BCUT2D eigenvalue weighted by atomic mass is 10.0. The van der Waals surface area contributed by atoms with Gasteiger partial charge >= 0.3 is 23.5 Å². The Hall–Kier alpha value is -1.32. The van der Waals surface area contributed by atoms with Crippen LogP contribution in [-0.4, -0.2) is 68.1 Å². The smallest absolute Gasteiger partial charge is 0.390 e. The number of imidazole rings is 1. The molecule has 2 aliphatic carbocycles. The van der Waals surface area contributed by atoms with Crippen LogP contribution in [0, 0.1) is 11.3 Å². The fraction of sp³-hybridized carbons (Fsp3) is 0.583. The van der Waals surface area contributed by atoms with Gasteiger partial charge in [0.25, 0.3) is 0 Å². The van der Waals surface area contributed by atoms with Crippen LogP contribution in [0.15, 0.2) is 12.7 Å². The molecule has 2 heterocycles. The number of phosphoric ester groups is 1. The highest BCUT2D eigenvalue weighted by Crippen LogP contribution is 2.71. The summed E-state index contributed by atoms with van der Waals surface area (Å²) >= 11 is 0. The molecular formula is C12H18N5O12P3. The molecule has 20 heteroatoms. The van der Waals surface area contributed by atoms with E-state index in [2.05, 4.69) is 28.1 Å². The summed E-state index contributed by atoms with van der Waals surface area (Å²) in [5.74, 6) is -0.370. The third-order valence-corrected chi connectivity index (χ3v) is 9.26. The topological polar surface area (TPSA) is 270 Å². The molecule has 3 unspecified atom stereocenters. The molecule has 0 bridgehead atoms. The first-order valence-corrected chi connectivity index (χ1v) is 13.3. The molecule has 7 atom stereocenters. The van der Waals surface area contributed by atoms with Crippen LogP contribution in [0.4, 0.5) is 5.82 Å². The van der Waals surface area contributed by atoms with Crippen LogP contribution in [0.25, 0.3) is 11.2 Å². The molecular weight excluding hydrogens is 499 g/mol. The fourth-order valence-corrected chi connectivity index (χ4v) is 7.22. The Bertz CT molecular complexity index is 1200. The highest BCUT2D eigenvalue weighted by molar-refractivity contribution is 7.66. The predicted molar refractivity (Wildman–Crippen MR) is 101 cm³/mol. The number of fused-ring (bicyclic) bond motifs is 2. The second kappa shape index (κ2) is 7.60. The van der Waals surface area contributed by atoms with Crippen LogP contribution < -0.4 is 5.73 Å². The first-order chi connectivity index (χ1) is 14.7. The van der Waals surface area contributed by atoms with Crippen molar-refractivity contribution >= 4 is 40.4 Å². The van der Waals surface area contributed by atoms with E-state index in [9.17, 15) is 33.7 Å². The van der Waals surface area contributed by atoms with E-state index in [0.717, 1.165) is 0 Å². The predicted octanol–water partition coefficient (Wildman–Crippen LogP) is -0.965. The minimum Gasteiger partial charge on any atom is -0.390 e. The summed E-state index contributed by atoms with van der Waals surface area (Å²) in [6.45, 7) is -0.695. The van der Waals surface area contributed by atoms with E-state index < -0.39 is 59.7 Å². The van der Waals surface area contributed by atoms with E-state index in [1.54, 1.807) is 0 Å². The number of nitrogens with zero attached hydrogens (tertiary/aromatic N) is 4. The number of nitrogens with two attached hydrogens (primary N) is 1. The van der Waals surface area contributed by atoms with Crippen LogP contribution in [0.1, 0.15) is 12.5 Å². The number of hydrogen-bond acceptors (Lipinski definition) is 12. The van der Waals surface area contributed by atoms with Gasteiger partial charge in [0.05, 0.1) is 25.1 Å². The molecule has 2 aliphatic rings. The van der Waals surface area contributed by atoms with E-state index in [0.29, 0.717) is 5.65 Å². The molecule has 17 nitrogen and oxygen atoms in total. The van der Waals surface area contributed by atoms with Crippen molar-refractivity contribution in [2.75, 3.05) is 12.3 Å². The van der Waals surface area contributed by atoms with Gasteiger partial charge in [0.1, 0.15) is 17.9 Å². The monoisotopic (exact) mass is 517 g/mol. The number of anilines is 1. The molecule has 0 radical (unpaired) electrons. The van der Waals surface area contributed by atoms with Crippen molar-refractivity contribution in [2.24, 2.45) is 11.3 Å². The third-order valence-electron chi connectivity index (χ3n) is 5.47. The molecule has 0 aromatic carbocycles. The van der Waals surface area contributed by atoms with E-state index in [4.69, 9.17) is 15.5 Å². The van der Waals surface area contributed by atoms with Crippen molar-refractivity contribution in [1.29, 1.82) is 0 Å². The van der Waals surface area contributed by atoms with Crippen LogP contribution in [0.3, 0.4) is 0 Å². The SMILES string of the molecule is Nc1ncnc2c1ncn2[C@@H]1C2C[C@@]2(COP(=O)(O)OP(=O)(O)OP(=O)(O)O)[C@@H](O)[C@H]1O. The molecule has 2 fully saturated rings. The molecule has 32 heavy (non-hydrogen) atoms. The van der Waals surface area contributed by atoms with Crippen molar-refractivity contribution < 1.29 is 56.6 Å². The Kier molecular flexibility index (Phi) is 5.66. The lowest BCUT2D eigenvalue weighted by Crippen LogP contribution is -2.35. The van der Waals surface area contributed by atoms with Gasteiger partial charge in [-0.05, 0) is 12.3 Å². The minimum absolute atomic E-state index is 0.108. The molecule has 2 saturated carbocycles. The Labute approximate surface area is 178 Å². The number of aliphatic hydroxyl groups excluding tert-OH is 2. The third kappa shape index (κ3) is 4.28. The van der Waals surface area contributed by atoms with Crippen LogP contribution >= 0.6 is 23.5 Å². The molecule has 0 amide bonds. The standard InChI is InChI=1S/C12H18N5O12P3/c13-10-6-11(15-3-14-10)17(4-16-6)7-5-1-12(5,9(19)8(7)18)2-27-31(23,24)29-32(25,26)28-30(20,21)22/h3-5,7-9,18-19H,1-2H2,(H,23,24)(H,25,26)(H2,13,14,15)(H2,20,21,22)/t5?,7-,8+,9+,12+/m1/s1. The maximum atomic E-state index is 12.0. The maximum Gasteiger partial charge on any atom is 0.490 e. The quantitative estimate of drug-likeness (QED) is 0.208. The van der Waals surface area contributed by atoms with Crippen molar-refractivity contribution in [3.05, 3.63) is 12.7 Å². The minimum atomic E-state index is -5.67. The average molecular weight is 517 g/mol. The van der Waals surface area contributed by atoms with Gasteiger partial charge in [0.2, 0.25) is 0 Å². The zero-order valence-electron chi connectivity index (χ0n) is 15.7. The zero-order valence-corrected chi connectivity index (χ0v) is 18.4.